The van der Waals surface area contributed by atoms with Crippen molar-refractivity contribution in [1.29, 1.82) is 0 Å². The Morgan fingerprint density at radius 1 is 1.10 bits per heavy atom. The van der Waals surface area contributed by atoms with Gasteiger partial charge in [-0.25, -0.2) is 9.47 Å². The highest BCUT2D eigenvalue weighted by atomic mass is 16.5. The number of nitrogens with two attached hydrogens (primary N) is 1. The van der Waals surface area contributed by atoms with Crippen LogP contribution in [-0.2, 0) is 0 Å². The highest BCUT2D eigenvalue weighted by Crippen LogP contribution is 2.39. The van der Waals surface area contributed by atoms with Crippen LogP contribution in [0.2, 0.25) is 0 Å². The van der Waals surface area contributed by atoms with Gasteiger partial charge in [0.1, 0.15) is 5.76 Å². The van der Waals surface area contributed by atoms with Gasteiger partial charge in [-0.05, 0) is 61.7 Å². The van der Waals surface area contributed by atoms with E-state index in [1.807, 2.05) is 51.1 Å². The van der Waals surface area contributed by atoms with Crippen molar-refractivity contribution >= 4 is 21.9 Å². The van der Waals surface area contributed by atoms with E-state index in [1.165, 1.54) is 0 Å². The minimum Gasteiger partial charge on any atom is -0.361 e. The van der Waals surface area contributed by atoms with E-state index >= 15 is 0 Å². The van der Waals surface area contributed by atoms with Crippen LogP contribution in [0.3, 0.4) is 0 Å². The van der Waals surface area contributed by atoms with Gasteiger partial charge in [0.25, 0.3) is 0 Å². The summed E-state index contributed by atoms with van der Waals surface area (Å²) in [7, 11) is 0. The van der Waals surface area contributed by atoms with Crippen LogP contribution in [0.1, 0.15) is 17.0 Å². The molecule has 0 unspecified atom stereocenters. The number of H-pyrrole nitrogens is 1. The monoisotopic (exact) mass is 385 g/mol. The molecular weight excluding hydrogens is 366 g/mol. The van der Waals surface area contributed by atoms with E-state index in [0.717, 1.165) is 49.1 Å². The summed E-state index contributed by atoms with van der Waals surface area (Å²) in [6, 6.07) is 11.9. The lowest BCUT2D eigenvalue weighted by Gasteiger charge is -2.13. The first kappa shape index (κ1) is 17.2. The van der Waals surface area contributed by atoms with Gasteiger partial charge in [-0.2, -0.15) is 0 Å². The number of hydrogen-bond acceptors (Lipinski definition) is 5. The van der Waals surface area contributed by atoms with E-state index in [4.69, 9.17) is 10.4 Å². The number of nitrogen functional groups attached to an aromatic ring is 1. The topological polar surface area (TPSA) is 103 Å². The minimum absolute atomic E-state index is 0.367. The highest BCUT2D eigenvalue weighted by Gasteiger charge is 2.20. The Hall–Kier alpha value is -3.87. The van der Waals surface area contributed by atoms with Crippen LogP contribution in [0.25, 0.3) is 44.2 Å². The molecule has 3 N–H and O–H groups in total. The molecule has 0 saturated carbocycles. The standard InChI is InChI=1S/C22H19N5O2/c1-11-6-7-17-15(5-4-8-24-17)19(11)16-9-14(20-12(2)26-29-13(20)3)10-18-21(16)25-22(28)27(18)23/h4-10H,23H2,1-3H3,(H,25,28). The van der Waals surface area contributed by atoms with Crippen LogP contribution in [-0.4, -0.2) is 19.8 Å². The van der Waals surface area contributed by atoms with Gasteiger partial charge in [0.2, 0.25) is 0 Å². The molecule has 0 atom stereocenters. The number of rotatable bonds is 2. The van der Waals surface area contributed by atoms with E-state index in [9.17, 15) is 4.79 Å². The van der Waals surface area contributed by atoms with Crippen LogP contribution in [0, 0.1) is 20.8 Å². The van der Waals surface area contributed by atoms with Gasteiger partial charge >= 0.3 is 5.69 Å². The van der Waals surface area contributed by atoms with Crippen molar-refractivity contribution in [2.24, 2.45) is 0 Å². The third-order valence-electron chi connectivity index (χ3n) is 5.41. The average Bonchev–Trinajstić information content (AvgIpc) is 3.20. The number of nitrogens with zero attached hydrogens (tertiary/aromatic N) is 3. The zero-order chi connectivity index (χ0) is 20.3. The predicted molar refractivity (Wildman–Crippen MR) is 113 cm³/mol. The summed E-state index contributed by atoms with van der Waals surface area (Å²) in [4.78, 5) is 19.7. The zero-order valence-electron chi connectivity index (χ0n) is 16.3. The fraction of sp³-hybridized carbons (Fsp3) is 0.136. The Morgan fingerprint density at radius 3 is 2.69 bits per heavy atom. The maximum atomic E-state index is 12.3. The van der Waals surface area contributed by atoms with Crippen molar-refractivity contribution in [2.45, 2.75) is 20.8 Å². The summed E-state index contributed by atoms with van der Waals surface area (Å²) < 4.78 is 6.51. The number of hydrogen-bond donors (Lipinski definition) is 2. The first-order valence-corrected chi connectivity index (χ1v) is 9.27. The number of aryl methyl sites for hydroxylation is 3. The smallest absolute Gasteiger partial charge is 0.344 e. The number of aromatic amines is 1. The summed E-state index contributed by atoms with van der Waals surface area (Å²) in [5.74, 6) is 6.77. The van der Waals surface area contributed by atoms with Gasteiger partial charge in [0.05, 0.1) is 22.2 Å². The number of pyridine rings is 1. The second-order valence-electron chi connectivity index (χ2n) is 7.24. The molecule has 0 radical (unpaired) electrons. The first-order chi connectivity index (χ1) is 14.0. The third kappa shape index (κ3) is 2.47. The van der Waals surface area contributed by atoms with Crippen molar-refractivity contribution in [3.05, 3.63) is 70.1 Å². The maximum absolute atomic E-state index is 12.3. The third-order valence-corrected chi connectivity index (χ3v) is 5.41. The number of aromatic nitrogens is 4. The molecule has 0 saturated heterocycles. The molecule has 0 aliphatic heterocycles. The lowest BCUT2D eigenvalue weighted by atomic mass is 9.91. The Kier molecular flexibility index (Phi) is 3.61. The summed E-state index contributed by atoms with van der Waals surface area (Å²) in [6.07, 6.45) is 1.77. The van der Waals surface area contributed by atoms with Crippen LogP contribution in [0.4, 0.5) is 0 Å². The molecule has 0 aliphatic rings. The number of imidazole rings is 1. The van der Waals surface area contributed by atoms with E-state index < -0.39 is 0 Å². The van der Waals surface area contributed by atoms with Gasteiger partial charge in [-0.15, -0.1) is 0 Å². The van der Waals surface area contributed by atoms with Crippen LogP contribution in [0.5, 0.6) is 0 Å². The molecule has 7 heteroatoms. The summed E-state index contributed by atoms with van der Waals surface area (Å²) >= 11 is 0. The van der Waals surface area contributed by atoms with Gasteiger partial charge in [-0.1, -0.05) is 17.3 Å². The SMILES string of the molecule is Cc1ccc2ncccc2c1-c1cc(-c2c(C)noc2C)cc2c1[nH]c(=O)n2N. The zero-order valence-corrected chi connectivity index (χ0v) is 16.3. The fourth-order valence-electron chi connectivity index (χ4n) is 4.08. The Bertz CT molecular complexity index is 1450. The molecule has 5 rings (SSSR count). The minimum atomic E-state index is -0.367. The Labute approximate surface area is 165 Å². The first-order valence-electron chi connectivity index (χ1n) is 9.27. The molecular formula is C22H19N5O2. The van der Waals surface area contributed by atoms with Gasteiger partial charge < -0.3 is 15.3 Å². The largest absolute Gasteiger partial charge is 0.361 e. The maximum Gasteiger partial charge on any atom is 0.344 e. The normalized spacial score (nSPS) is 11.6. The van der Waals surface area contributed by atoms with Crippen molar-refractivity contribution in [3.8, 4) is 22.3 Å². The molecule has 3 heterocycles. The number of benzene rings is 2. The molecule has 144 valence electrons. The molecule has 0 fully saturated rings. The lowest BCUT2D eigenvalue weighted by Crippen LogP contribution is -2.23. The van der Waals surface area contributed by atoms with Crippen molar-refractivity contribution in [2.75, 3.05) is 5.84 Å². The van der Waals surface area contributed by atoms with E-state index in [0.29, 0.717) is 16.8 Å². The van der Waals surface area contributed by atoms with E-state index in [1.54, 1.807) is 6.20 Å². The number of nitrogens with one attached hydrogen (secondary N) is 1. The summed E-state index contributed by atoms with van der Waals surface area (Å²) in [5.41, 5.74) is 7.37. The van der Waals surface area contributed by atoms with Crippen LogP contribution < -0.4 is 11.5 Å². The molecule has 2 aromatic carbocycles. The second kappa shape index (κ2) is 6.07. The molecule has 5 aromatic rings. The molecule has 0 bridgehead atoms. The Balaban J connectivity index is 1.96. The highest BCUT2D eigenvalue weighted by molar-refractivity contribution is 6.05. The molecule has 0 aliphatic carbocycles. The molecule has 0 amide bonds. The van der Waals surface area contributed by atoms with Gasteiger partial charge in [-0.3, -0.25) is 4.98 Å². The van der Waals surface area contributed by atoms with Crippen molar-refractivity contribution < 1.29 is 4.52 Å². The molecule has 3 aromatic heterocycles. The average molecular weight is 385 g/mol. The lowest BCUT2D eigenvalue weighted by molar-refractivity contribution is 0.393. The van der Waals surface area contributed by atoms with E-state index in [-0.39, 0.29) is 5.69 Å². The molecule has 0 spiro atoms. The fourth-order valence-corrected chi connectivity index (χ4v) is 4.08. The van der Waals surface area contributed by atoms with Crippen LogP contribution >= 0.6 is 0 Å². The second-order valence-corrected chi connectivity index (χ2v) is 7.24. The summed E-state index contributed by atoms with van der Waals surface area (Å²) in [6.45, 7) is 5.82. The van der Waals surface area contributed by atoms with Gasteiger partial charge in [0, 0.05) is 22.7 Å². The number of fused-ring (bicyclic) bond motifs is 2. The van der Waals surface area contributed by atoms with Crippen molar-refractivity contribution in [1.82, 2.24) is 19.8 Å². The van der Waals surface area contributed by atoms with Crippen molar-refractivity contribution in [3.63, 3.8) is 0 Å². The van der Waals surface area contributed by atoms with Crippen LogP contribution in [0.15, 0.2) is 51.9 Å². The molecule has 29 heavy (non-hydrogen) atoms. The van der Waals surface area contributed by atoms with Gasteiger partial charge in [0.15, 0.2) is 0 Å². The molecule has 7 nitrogen and oxygen atoms in total. The quantitative estimate of drug-likeness (QED) is 0.450. The predicted octanol–water partition coefficient (Wildman–Crippen LogP) is 3.84. The van der Waals surface area contributed by atoms with E-state index in [2.05, 4.69) is 21.2 Å². The summed E-state index contributed by atoms with van der Waals surface area (Å²) in [5, 5.41) is 5.09. The Morgan fingerprint density at radius 2 is 1.93 bits per heavy atom.